The van der Waals surface area contributed by atoms with E-state index in [1.807, 2.05) is 36.4 Å². The van der Waals surface area contributed by atoms with E-state index in [1.54, 1.807) is 0 Å². The highest BCUT2D eigenvalue weighted by atomic mass is 127. The Morgan fingerprint density at radius 2 is 1.19 bits per heavy atom. The van der Waals surface area contributed by atoms with Crippen molar-refractivity contribution in [3.8, 4) is 11.5 Å². The molecule has 2 N–H and O–H groups in total. The van der Waals surface area contributed by atoms with Gasteiger partial charge in [0.2, 0.25) is 0 Å². The van der Waals surface area contributed by atoms with Gasteiger partial charge >= 0.3 is 11.9 Å². The molecule has 0 aliphatic carbocycles. The Balaban J connectivity index is 0.000000362. The molecule has 2 atom stereocenters. The quantitative estimate of drug-likeness (QED) is 0.179. The number of halogens is 4. The topological polar surface area (TPSA) is 112 Å². The molecule has 0 saturated carbocycles. The van der Waals surface area contributed by atoms with Crippen LogP contribution in [0, 0.1) is 14.3 Å². The highest BCUT2D eigenvalue weighted by Gasteiger charge is 2.12. The van der Waals surface area contributed by atoms with E-state index < -0.39 is 24.1 Å². The maximum atomic E-state index is 10.8. The van der Waals surface area contributed by atoms with E-state index >= 15 is 0 Å². The van der Waals surface area contributed by atoms with Gasteiger partial charge in [0, 0.05) is 19.3 Å². The van der Waals surface area contributed by atoms with Crippen molar-refractivity contribution < 1.29 is 38.7 Å². The van der Waals surface area contributed by atoms with Crippen LogP contribution in [0.5, 0.6) is 11.5 Å². The SMILES string of the molecule is C=CC(=O)OCC(O)COc1c(I)cc(I)cc1I.C=CC(=O)OCC(O)COc1ccc(I)cc1. The smallest absolute Gasteiger partial charge is 0.330 e. The molecule has 0 bridgehead atoms. The van der Waals surface area contributed by atoms with Crippen LogP contribution in [-0.2, 0) is 19.1 Å². The van der Waals surface area contributed by atoms with Crippen LogP contribution in [0.15, 0.2) is 61.7 Å². The predicted octanol–water partition coefficient (Wildman–Crippen LogP) is 4.73. The second-order valence-electron chi connectivity index (χ2n) is 6.75. The summed E-state index contributed by atoms with van der Waals surface area (Å²) >= 11 is 8.79. The average molecular weight is 948 g/mol. The molecule has 36 heavy (non-hydrogen) atoms. The van der Waals surface area contributed by atoms with Gasteiger partial charge in [0.15, 0.2) is 0 Å². The molecule has 2 rings (SSSR count). The van der Waals surface area contributed by atoms with Crippen molar-refractivity contribution in [1.29, 1.82) is 0 Å². The van der Waals surface area contributed by atoms with Crippen molar-refractivity contribution in [2.45, 2.75) is 12.2 Å². The molecule has 0 heterocycles. The minimum absolute atomic E-state index is 0.0665. The van der Waals surface area contributed by atoms with Gasteiger partial charge in [0.05, 0.1) is 7.14 Å². The zero-order valence-electron chi connectivity index (χ0n) is 18.9. The zero-order chi connectivity index (χ0) is 27.1. The van der Waals surface area contributed by atoms with Gasteiger partial charge in [-0.1, -0.05) is 13.2 Å². The molecule has 2 aromatic carbocycles. The summed E-state index contributed by atoms with van der Waals surface area (Å²) in [4.78, 5) is 21.6. The molecule has 0 aliphatic heterocycles. The van der Waals surface area contributed by atoms with Crippen molar-refractivity contribution in [3.63, 3.8) is 0 Å². The number of rotatable bonds is 12. The molecule has 0 amide bonds. The Morgan fingerprint density at radius 3 is 1.64 bits per heavy atom. The number of aliphatic hydroxyl groups excluding tert-OH is 2. The molecule has 2 unspecified atom stereocenters. The normalized spacial score (nSPS) is 11.7. The van der Waals surface area contributed by atoms with Crippen LogP contribution >= 0.6 is 90.4 Å². The lowest BCUT2D eigenvalue weighted by Crippen LogP contribution is -2.25. The summed E-state index contributed by atoms with van der Waals surface area (Å²) in [6, 6.07) is 11.4. The van der Waals surface area contributed by atoms with E-state index in [4.69, 9.17) is 14.2 Å². The molecule has 0 saturated heterocycles. The predicted molar refractivity (Wildman–Crippen MR) is 169 cm³/mol. The fourth-order valence-corrected chi connectivity index (χ4v) is 6.39. The highest BCUT2D eigenvalue weighted by Crippen LogP contribution is 2.29. The van der Waals surface area contributed by atoms with Crippen molar-refractivity contribution >= 4 is 102 Å². The Bertz CT molecular complexity index is 991. The van der Waals surface area contributed by atoms with Crippen molar-refractivity contribution in [2.75, 3.05) is 26.4 Å². The minimum atomic E-state index is -0.866. The standard InChI is InChI=1S/C12H11I3O4.C12H13IO4/c1-2-11(17)18-5-8(16)6-19-12-9(14)3-7(13)4-10(12)15;1-2-12(15)17-8-10(14)7-16-11-5-3-9(13)4-6-11/h2-4,8,16H,1,5-6H2;2-6,10,14H,1,7-8H2. The van der Waals surface area contributed by atoms with Crippen LogP contribution in [0.2, 0.25) is 0 Å². The fraction of sp³-hybridized carbons (Fsp3) is 0.250. The van der Waals surface area contributed by atoms with Gasteiger partial charge in [-0.2, -0.15) is 0 Å². The third-order valence-corrected chi connectivity index (χ3v) is 6.75. The summed E-state index contributed by atoms with van der Waals surface area (Å²) in [5.74, 6) is 0.283. The van der Waals surface area contributed by atoms with E-state index in [9.17, 15) is 19.8 Å². The lowest BCUT2D eigenvalue weighted by Gasteiger charge is -2.14. The van der Waals surface area contributed by atoms with Crippen molar-refractivity contribution in [2.24, 2.45) is 0 Å². The molecule has 196 valence electrons. The second-order valence-corrected chi connectivity index (χ2v) is 11.6. The first-order valence-corrected chi connectivity index (χ1v) is 14.5. The monoisotopic (exact) mass is 948 g/mol. The first-order chi connectivity index (χ1) is 17.0. The van der Waals surface area contributed by atoms with Gasteiger partial charge in [-0.15, -0.1) is 0 Å². The first-order valence-electron chi connectivity index (χ1n) is 10.2. The number of benzene rings is 2. The van der Waals surface area contributed by atoms with Gasteiger partial charge in [-0.3, -0.25) is 0 Å². The summed E-state index contributed by atoms with van der Waals surface area (Å²) in [5, 5.41) is 19.1. The second kappa shape index (κ2) is 18.5. The van der Waals surface area contributed by atoms with E-state index in [0.29, 0.717) is 5.75 Å². The number of hydrogen-bond donors (Lipinski definition) is 2. The molecule has 2 aromatic rings. The zero-order valence-corrected chi connectivity index (χ0v) is 27.5. The summed E-state index contributed by atoms with van der Waals surface area (Å²) < 4.78 is 24.5. The number of carbonyl (C=O) groups excluding carboxylic acids is 2. The largest absolute Gasteiger partial charge is 0.491 e. The summed E-state index contributed by atoms with van der Waals surface area (Å²) in [7, 11) is 0. The Morgan fingerprint density at radius 1 is 0.750 bits per heavy atom. The molecule has 0 spiro atoms. The summed E-state index contributed by atoms with van der Waals surface area (Å²) in [5.41, 5.74) is 0. The van der Waals surface area contributed by atoms with Gasteiger partial charge in [-0.05, 0) is 127 Å². The van der Waals surface area contributed by atoms with Gasteiger partial charge in [-0.25, -0.2) is 9.59 Å². The Kier molecular flexibility index (Phi) is 17.2. The average Bonchev–Trinajstić information content (AvgIpc) is 2.85. The van der Waals surface area contributed by atoms with E-state index in [0.717, 1.165) is 32.2 Å². The van der Waals surface area contributed by atoms with Gasteiger partial charge < -0.3 is 29.2 Å². The molecule has 12 heteroatoms. The van der Waals surface area contributed by atoms with Gasteiger partial charge in [0.1, 0.15) is 50.1 Å². The van der Waals surface area contributed by atoms with E-state index in [2.05, 4.69) is 108 Å². The Hall–Kier alpha value is -0.700. The summed E-state index contributed by atoms with van der Waals surface area (Å²) in [6.45, 7) is 6.46. The number of aliphatic hydroxyl groups is 2. The van der Waals surface area contributed by atoms with Crippen LogP contribution < -0.4 is 9.47 Å². The van der Waals surface area contributed by atoms with Crippen LogP contribution in [0.4, 0.5) is 0 Å². The number of carbonyl (C=O) groups is 2. The van der Waals surface area contributed by atoms with Crippen molar-refractivity contribution in [3.05, 3.63) is 76.0 Å². The molecule has 0 aliphatic rings. The lowest BCUT2D eigenvalue weighted by atomic mass is 10.3. The molecular formula is C24H24I4O8. The number of ether oxygens (including phenoxy) is 4. The first kappa shape index (κ1) is 33.3. The van der Waals surface area contributed by atoms with Crippen molar-refractivity contribution in [1.82, 2.24) is 0 Å². The molecule has 0 fully saturated rings. The summed E-state index contributed by atoms with van der Waals surface area (Å²) in [6.07, 6.45) is 0.388. The third kappa shape index (κ3) is 14.3. The number of esters is 2. The maximum absolute atomic E-state index is 10.8. The third-order valence-electron chi connectivity index (χ3n) is 3.81. The molecule has 8 nitrogen and oxygen atoms in total. The van der Waals surface area contributed by atoms with Crippen LogP contribution in [-0.4, -0.2) is 60.8 Å². The van der Waals surface area contributed by atoms with Gasteiger partial charge in [0.25, 0.3) is 0 Å². The van der Waals surface area contributed by atoms with Crippen LogP contribution in [0.1, 0.15) is 0 Å². The van der Waals surface area contributed by atoms with E-state index in [1.165, 1.54) is 0 Å². The fourth-order valence-electron chi connectivity index (χ4n) is 2.14. The number of hydrogen-bond acceptors (Lipinski definition) is 8. The van der Waals surface area contributed by atoms with E-state index in [-0.39, 0.29) is 26.4 Å². The van der Waals surface area contributed by atoms with Crippen LogP contribution in [0.3, 0.4) is 0 Å². The van der Waals surface area contributed by atoms with Crippen LogP contribution in [0.25, 0.3) is 0 Å². The minimum Gasteiger partial charge on any atom is -0.491 e. The Labute approximate surface area is 264 Å². The lowest BCUT2D eigenvalue weighted by molar-refractivity contribution is -0.142. The highest BCUT2D eigenvalue weighted by molar-refractivity contribution is 14.1. The molecular weight excluding hydrogens is 924 g/mol. The molecule has 0 radical (unpaired) electrons. The maximum Gasteiger partial charge on any atom is 0.330 e. The molecule has 0 aromatic heterocycles.